The zero-order valence-corrected chi connectivity index (χ0v) is 21.5. The summed E-state index contributed by atoms with van der Waals surface area (Å²) in [4.78, 5) is 25.9. The standard InChI is InChI=1S/C27H27FN2O6S/c1-5-16-29(19(2)17-26(31)35-3)24-14-15-25(23-9-7-6-8-22(23)24)30(18-27(32)36-4)37(33,34)21-12-10-20(28)11-13-21/h1,6-15,19H,16-18H2,2-4H3/t19-/m0/s1. The van der Waals surface area contributed by atoms with Crippen molar-refractivity contribution in [3.05, 3.63) is 66.5 Å². The van der Waals surface area contributed by atoms with Crippen LogP contribution in [0.2, 0.25) is 0 Å². The molecule has 10 heteroatoms. The van der Waals surface area contributed by atoms with E-state index in [1.807, 2.05) is 11.8 Å². The number of halogens is 1. The number of methoxy groups -OCH3 is 2. The maximum Gasteiger partial charge on any atom is 0.326 e. The van der Waals surface area contributed by atoms with Gasteiger partial charge in [0.1, 0.15) is 12.4 Å². The molecule has 37 heavy (non-hydrogen) atoms. The maximum absolute atomic E-state index is 13.6. The van der Waals surface area contributed by atoms with Crippen LogP contribution in [0.15, 0.2) is 65.6 Å². The van der Waals surface area contributed by atoms with Gasteiger partial charge < -0.3 is 14.4 Å². The van der Waals surface area contributed by atoms with Gasteiger partial charge in [0.15, 0.2) is 0 Å². The van der Waals surface area contributed by atoms with Crippen molar-refractivity contribution in [3.63, 3.8) is 0 Å². The van der Waals surface area contributed by atoms with Gasteiger partial charge in [0.2, 0.25) is 0 Å². The van der Waals surface area contributed by atoms with Crippen molar-refractivity contribution in [1.82, 2.24) is 0 Å². The molecule has 3 rings (SSSR count). The van der Waals surface area contributed by atoms with Crippen LogP contribution in [0.4, 0.5) is 15.8 Å². The van der Waals surface area contributed by atoms with Crippen LogP contribution in [-0.2, 0) is 29.1 Å². The summed E-state index contributed by atoms with van der Waals surface area (Å²) in [5.74, 6) is 0.829. The molecule has 0 N–H and O–H groups in total. The number of benzene rings is 3. The average Bonchev–Trinajstić information content (AvgIpc) is 2.90. The number of terminal acetylenes is 1. The van der Waals surface area contributed by atoms with Crippen LogP contribution in [0, 0.1) is 18.2 Å². The summed E-state index contributed by atoms with van der Waals surface area (Å²) in [7, 11) is -1.82. The van der Waals surface area contributed by atoms with Gasteiger partial charge in [0, 0.05) is 22.5 Å². The topological polar surface area (TPSA) is 93.2 Å². The Hall–Kier alpha value is -4.10. The Kier molecular flexibility index (Phi) is 8.73. The third kappa shape index (κ3) is 6.01. The minimum absolute atomic E-state index is 0.0850. The molecule has 194 valence electrons. The number of esters is 2. The highest BCUT2D eigenvalue weighted by Gasteiger charge is 2.30. The average molecular weight is 527 g/mol. The van der Waals surface area contributed by atoms with Gasteiger partial charge in [0.25, 0.3) is 10.0 Å². The lowest BCUT2D eigenvalue weighted by molar-refractivity contribution is -0.141. The molecule has 1 atom stereocenters. The van der Waals surface area contributed by atoms with Crippen molar-refractivity contribution in [2.24, 2.45) is 0 Å². The molecule has 0 saturated heterocycles. The fourth-order valence-corrected chi connectivity index (χ4v) is 5.39. The molecule has 0 aliphatic rings. The number of carbonyl (C=O) groups is 2. The monoisotopic (exact) mass is 526 g/mol. The van der Waals surface area contributed by atoms with Gasteiger partial charge in [-0.1, -0.05) is 30.2 Å². The summed E-state index contributed by atoms with van der Waals surface area (Å²) in [5.41, 5.74) is 0.890. The predicted octanol–water partition coefficient (Wildman–Crippen LogP) is 3.74. The highest BCUT2D eigenvalue weighted by molar-refractivity contribution is 7.92. The molecular weight excluding hydrogens is 499 g/mol. The summed E-state index contributed by atoms with van der Waals surface area (Å²) in [5, 5.41) is 1.16. The lowest BCUT2D eigenvalue weighted by Crippen LogP contribution is -2.37. The summed E-state index contributed by atoms with van der Waals surface area (Å²) < 4.78 is 51.2. The molecule has 0 radical (unpaired) electrons. The molecule has 0 aliphatic heterocycles. The Morgan fingerprint density at radius 2 is 1.51 bits per heavy atom. The zero-order chi connectivity index (χ0) is 27.2. The molecule has 0 bridgehead atoms. The van der Waals surface area contributed by atoms with Crippen molar-refractivity contribution in [1.29, 1.82) is 0 Å². The summed E-state index contributed by atoms with van der Waals surface area (Å²) in [6.45, 7) is 1.41. The van der Waals surface area contributed by atoms with E-state index >= 15 is 0 Å². The van der Waals surface area contributed by atoms with Crippen LogP contribution in [0.1, 0.15) is 13.3 Å². The highest BCUT2D eigenvalue weighted by Crippen LogP contribution is 2.37. The molecule has 0 saturated carbocycles. The van der Waals surface area contributed by atoms with Gasteiger partial charge in [-0.2, -0.15) is 0 Å². The molecule has 3 aromatic rings. The summed E-state index contributed by atoms with van der Waals surface area (Å²) >= 11 is 0. The van der Waals surface area contributed by atoms with Crippen molar-refractivity contribution >= 4 is 44.1 Å². The van der Waals surface area contributed by atoms with Crippen molar-refractivity contribution in [3.8, 4) is 12.3 Å². The van der Waals surface area contributed by atoms with Crippen LogP contribution in [0.3, 0.4) is 0 Å². The first-order chi connectivity index (χ1) is 17.6. The van der Waals surface area contributed by atoms with Gasteiger partial charge in [-0.05, 0) is 43.3 Å². The van der Waals surface area contributed by atoms with E-state index in [-0.39, 0.29) is 29.6 Å². The van der Waals surface area contributed by atoms with Gasteiger partial charge in [-0.25, -0.2) is 12.8 Å². The first-order valence-corrected chi connectivity index (χ1v) is 12.7. The number of sulfonamides is 1. The van der Waals surface area contributed by atoms with Crippen LogP contribution in [-0.4, -0.2) is 53.7 Å². The number of anilines is 2. The predicted molar refractivity (Wildman–Crippen MR) is 139 cm³/mol. The second-order valence-electron chi connectivity index (χ2n) is 8.15. The molecule has 0 aliphatic carbocycles. The number of nitrogens with zero attached hydrogens (tertiary/aromatic N) is 2. The maximum atomic E-state index is 13.6. The molecule has 0 unspecified atom stereocenters. The van der Waals surface area contributed by atoms with Gasteiger partial charge in [0.05, 0.1) is 37.8 Å². The Morgan fingerprint density at radius 3 is 2.08 bits per heavy atom. The Bertz CT molecular complexity index is 1430. The van der Waals surface area contributed by atoms with E-state index in [2.05, 4.69) is 5.92 Å². The number of hydrogen-bond acceptors (Lipinski definition) is 7. The zero-order valence-electron chi connectivity index (χ0n) is 20.7. The second-order valence-corrected chi connectivity index (χ2v) is 10.0. The van der Waals surface area contributed by atoms with Crippen LogP contribution < -0.4 is 9.21 Å². The third-order valence-electron chi connectivity index (χ3n) is 5.84. The molecule has 0 aromatic heterocycles. The summed E-state index contributed by atoms with van der Waals surface area (Å²) in [6.07, 6.45) is 5.70. The molecule has 0 spiro atoms. The number of hydrogen-bond donors (Lipinski definition) is 0. The molecule has 8 nitrogen and oxygen atoms in total. The minimum Gasteiger partial charge on any atom is -0.469 e. The Balaban J connectivity index is 2.21. The SMILES string of the molecule is C#CCN(c1ccc(N(CC(=O)OC)S(=O)(=O)c2ccc(F)cc2)c2ccccc12)[C@@H](C)CC(=O)OC. The van der Waals surface area contributed by atoms with Crippen molar-refractivity contribution in [2.75, 3.05) is 36.5 Å². The number of carbonyl (C=O) groups excluding carboxylic acids is 2. The number of fused-ring (bicyclic) bond motifs is 1. The van der Waals surface area contributed by atoms with E-state index in [1.165, 1.54) is 7.11 Å². The molecule has 0 heterocycles. The highest BCUT2D eigenvalue weighted by atomic mass is 32.2. The van der Waals surface area contributed by atoms with Crippen molar-refractivity contribution in [2.45, 2.75) is 24.3 Å². The van der Waals surface area contributed by atoms with Gasteiger partial charge in [-0.3, -0.25) is 13.9 Å². The molecule has 0 amide bonds. The summed E-state index contributed by atoms with van der Waals surface area (Å²) in [6, 6.07) is 14.3. The largest absolute Gasteiger partial charge is 0.469 e. The Morgan fingerprint density at radius 1 is 0.946 bits per heavy atom. The van der Waals surface area contributed by atoms with E-state index in [0.29, 0.717) is 16.5 Å². The number of ether oxygens (including phenoxy) is 2. The Labute approximate surface area is 215 Å². The first-order valence-electron chi connectivity index (χ1n) is 11.3. The van der Waals surface area contributed by atoms with E-state index < -0.39 is 34.3 Å². The third-order valence-corrected chi connectivity index (χ3v) is 7.62. The van der Waals surface area contributed by atoms with Crippen LogP contribution in [0.25, 0.3) is 10.8 Å². The quantitative estimate of drug-likeness (QED) is 0.294. The van der Waals surface area contributed by atoms with Gasteiger partial charge in [-0.15, -0.1) is 6.42 Å². The van der Waals surface area contributed by atoms with Crippen molar-refractivity contribution < 1.29 is 31.9 Å². The van der Waals surface area contributed by atoms with Crippen LogP contribution >= 0.6 is 0 Å². The normalized spacial score (nSPS) is 11.9. The van der Waals surface area contributed by atoms with E-state index in [1.54, 1.807) is 36.4 Å². The second kappa shape index (κ2) is 11.8. The lowest BCUT2D eigenvalue weighted by Gasteiger charge is -2.31. The van der Waals surface area contributed by atoms with Gasteiger partial charge >= 0.3 is 11.9 Å². The lowest BCUT2D eigenvalue weighted by atomic mass is 10.0. The smallest absolute Gasteiger partial charge is 0.326 e. The molecule has 3 aromatic carbocycles. The first kappa shape index (κ1) is 27.5. The number of rotatable bonds is 10. The van der Waals surface area contributed by atoms with E-state index in [9.17, 15) is 22.4 Å². The fourth-order valence-electron chi connectivity index (χ4n) is 3.96. The van der Waals surface area contributed by atoms with Crippen LogP contribution in [0.5, 0.6) is 0 Å². The van der Waals surface area contributed by atoms with E-state index in [4.69, 9.17) is 15.9 Å². The molecular formula is C27H27FN2O6S. The van der Waals surface area contributed by atoms with E-state index in [0.717, 1.165) is 35.7 Å². The minimum atomic E-state index is -4.29. The fraction of sp³-hybridized carbons (Fsp3) is 0.259. The molecule has 0 fully saturated rings.